The van der Waals surface area contributed by atoms with Crippen molar-refractivity contribution in [3.63, 3.8) is 0 Å². The first kappa shape index (κ1) is 11.9. The predicted octanol–water partition coefficient (Wildman–Crippen LogP) is 1.23. The number of ether oxygens (including phenoxy) is 1. The summed E-state index contributed by atoms with van der Waals surface area (Å²) in [6, 6.07) is 3.37. The van der Waals surface area contributed by atoms with Gasteiger partial charge in [0.1, 0.15) is 11.5 Å². The van der Waals surface area contributed by atoms with Crippen LogP contribution >= 0.6 is 0 Å². The molecule has 92 valence electrons. The molecule has 1 saturated heterocycles. The molecular formula is C12H15NO4. The number of esters is 1. The zero-order chi connectivity index (χ0) is 12.3. The lowest BCUT2D eigenvalue weighted by Crippen LogP contribution is -2.33. The zero-order valence-corrected chi connectivity index (χ0v) is 9.77. The molecule has 2 heterocycles. The Labute approximate surface area is 99.3 Å². The minimum Gasteiger partial charge on any atom is -0.463 e. The van der Waals surface area contributed by atoms with Crippen LogP contribution in [0.25, 0.3) is 0 Å². The Morgan fingerprint density at radius 3 is 2.76 bits per heavy atom. The van der Waals surface area contributed by atoms with Gasteiger partial charge in [0.15, 0.2) is 0 Å². The fourth-order valence-corrected chi connectivity index (χ4v) is 1.85. The molecule has 0 unspecified atom stereocenters. The van der Waals surface area contributed by atoms with E-state index in [1.165, 1.54) is 7.11 Å². The number of furan rings is 1. The van der Waals surface area contributed by atoms with Crippen molar-refractivity contribution < 1.29 is 18.7 Å². The molecule has 1 aromatic rings. The number of Topliss-reactive ketones (excluding diaryl/α,β-unsaturated/α-hetero) is 1. The van der Waals surface area contributed by atoms with Crippen LogP contribution < -0.4 is 0 Å². The molecule has 0 aromatic carbocycles. The first-order chi connectivity index (χ1) is 8.19. The van der Waals surface area contributed by atoms with Gasteiger partial charge in [-0.15, -0.1) is 0 Å². The van der Waals surface area contributed by atoms with Crippen LogP contribution in [0.2, 0.25) is 0 Å². The monoisotopic (exact) mass is 237 g/mol. The minimum absolute atomic E-state index is 0.218. The van der Waals surface area contributed by atoms with Crippen LogP contribution in [0.3, 0.4) is 0 Å². The van der Waals surface area contributed by atoms with Crippen LogP contribution in [0, 0.1) is 0 Å². The topological polar surface area (TPSA) is 59.8 Å². The summed E-state index contributed by atoms with van der Waals surface area (Å²) < 4.78 is 9.93. The number of ketones is 1. The summed E-state index contributed by atoms with van der Waals surface area (Å²) in [5, 5.41) is 0. The van der Waals surface area contributed by atoms with Crippen LogP contribution in [0.5, 0.6) is 0 Å². The van der Waals surface area contributed by atoms with Crippen molar-refractivity contribution in [3.8, 4) is 0 Å². The molecule has 5 heteroatoms. The molecule has 0 bridgehead atoms. The highest BCUT2D eigenvalue weighted by molar-refractivity contribution is 5.86. The van der Waals surface area contributed by atoms with E-state index in [0.29, 0.717) is 25.2 Å². The molecule has 1 aliphatic rings. The van der Waals surface area contributed by atoms with E-state index in [1.807, 2.05) is 0 Å². The van der Waals surface area contributed by atoms with Crippen molar-refractivity contribution in [2.45, 2.75) is 19.4 Å². The van der Waals surface area contributed by atoms with E-state index in [-0.39, 0.29) is 5.76 Å². The molecule has 5 nitrogen and oxygen atoms in total. The Balaban J connectivity index is 1.93. The van der Waals surface area contributed by atoms with Gasteiger partial charge in [0.25, 0.3) is 0 Å². The third kappa shape index (κ3) is 2.94. The standard InChI is InChI=1S/C12H15NO4/c1-16-12(15)11-3-2-10(17-11)8-13-6-4-9(14)5-7-13/h2-3H,4-8H2,1H3. The molecule has 0 atom stereocenters. The SMILES string of the molecule is COC(=O)c1ccc(CN2CCC(=O)CC2)o1. The van der Waals surface area contributed by atoms with Crippen molar-refractivity contribution in [1.29, 1.82) is 0 Å². The lowest BCUT2D eigenvalue weighted by molar-refractivity contribution is -0.121. The van der Waals surface area contributed by atoms with Gasteiger partial charge in [0.2, 0.25) is 5.76 Å². The van der Waals surface area contributed by atoms with E-state index in [2.05, 4.69) is 9.64 Å². The van der Waals surface area contributed by atoms with Crippen molar-refractivity contribution >= 4 is 11.8 Å². The largest absolute Gasteiger partial charge is 0.463 e. The Kier molecular flexibility index (Phi) is 3.58. The summed E-state index contributed by atoms with van der Waals surface area (Å²) >= 11 is 0. The Morgan fingerprint density at radius 2 is 2.12 bits per heavy atom. The van der Waals surface area contributed by atoms with Gasteiger partial charge in [-0.05, 0) is 12.1 Å². The van der Waals surface area contributed by atoms with Gasteiger partial charge in [-0.3, -0.25) is 9.69 Å². The van der Waals surface area contributed by atoms with Crippen LogP contribution in [0.4, 0.5) is 0 Å². The van der Waals surface area contributed by atoms with Crippen LogP contribution in [0.15, 0.2) is 16.5 Å². The highest BCUT2D eigenvalue weighted by Crippen LogP contribution is 2.14. The summed E-state index contributed by atoms with van der Waals surface area (Å²) in [4.78, 5) is 24.4. The first-order valence-corrected chi connectivity index (χ1v) is 5.60. The second kappa shape index (κ2) is 5.14. The van der Waals surface area contributed by atoms with Gasteiger partial charge < -0.3 is 9.15 Å². The normalized spacial score (nSPS) is 17.1. The molecule has 0 radical (unpaired) electrons. The number of rotatable bonds is 3. The molecular weight excluding hydrogens is 222 g/mol. The zero-order valence-electron chi connectivity index (χ0n) is 9.77. The van der Waals surface area contributed by atoms with Gasteiger partial charge in [0, 0.05) is 25.9 Å². The number of carbonyl (C=O) groups is 2. The highest BCUT2D eigenvalue weighted by atomic mass is 16.5. The van der Waals surface area contributed by atoms with Crippen molar-refractivity contribution in [1.82, 2.24) is 4.90 Å². The molecule has 0 N–H and O–H groups in total. The highest BCUT2D eigenvalue weighted by Gasteiger charge is 2.18. The first-order valence-electron chi connectivity index (χ1n) is 5.60. The third-order valence-corrected chi connectivity index (χ3v) is 2.84. The molecule has 0 amide bonds. The molecule has 0 spiro atoms. The maximum absolute atomic E-state index is 11.2. The fraction of sp³-hybridized carbons (Fsp3) is 0.500. The van der Waals surface area contributed by atoms with E-state index in [9.17, 15) is 9.59 Å². The number of hydrogen-bond acceptors (Lipinski definition) is 5. The average Bonchev–Trinajstić information content (AvgIpc) is 2.80. The van der Waals surface area contributed by atoms with Crippen molar-refractivity contribution in [3.05, 3.63) is 23.7 Å². The van der Waals surface area contributed by atoms with Crippen LogP contribution in [0.1, 0.15) is 29.2 Å². The number of piperidine rings is 1. The van der Waals surface area contributed by atoms with E-state index < -0.39 is 5.97 Å². The Morgan fingerprint density at radius 1 is 1.41 bits per heavy atom. The summed E-state index contributed by atoms with van der Waals surface area (Å²) in [7, 11) is 1.32. The summed E-state index contributed by atoms with van der Waals surface area (Å²) in [6.07, 6.45) is 1.20. The maximum Gasteiger partial charge on any atom is 0.373 e. The van der Waals surface area contributed by atoms with Crippen LogP contribution in [-0.4, -0.2) is 36.9 Å². The molecule has 2 rings (SSSR count). The fourth-order valence-electron chi connectivity index (χ4n) is 1.85. The lowest BCUT2D eigenvalue weighted by atomic mass is 10.1. The summed E-state index contributed by atoms with van der Waals surface area (Å²) in [5.74, 6) is 0.788. The Hall–Kier alpha value is -1.62. The maximum atomic E-state index is 11.2. The predicted molar refractivity (Wildman–Crippen MR) is 59.6 cm³/mol. The Bertz CT molecular complexity index is 414. The van der Waals surface area contributed by atoms with Crippen molar-refractivity contribution in [2.24, 2.45) is 0 Å². The van der Waals surface area contributed by atoms with Gasteiger partial charge in [0.05, 0.1) is 13.7 Å². The smallest absolute Gasteiger partial charge is 0.373 e. The minimum atomic E-state index is -0.468. The molecule has 0 saturated carbocycles. The second-order valence-electron chi connectivity index (χ2n) is 4.07. The number of carbonyl (C=O) groups excluding carboxylic acids is 2. The van der Waals surface area contributed by atoms with Crippen LogP contribution in [-0.2, 0) is 16.1 Å². The molecule has 17 heavy (non-hydrogen) atoms. The van der Waals surface area contributed by atoms with E-state index >= 15 is 0 Å². The third-order valence-electron chi connectivity index (χ3n) is 2.84. The second-order valence-corrected chi connectivity index (χ2v) is 4.07. The number of hydrogen-bond donors (Lipinski definition) is 0. The number of methoxy groups -OCH3 is 1. The van der Waals surface area contributed by atoms with Gasteiger partial charge in [-0.2, -0.15) is 0 Å². The van der Waals surface area contributed by atoms with E-state index in [1.54, 1.807) is 12.1 Å². The number of likely N-dealkylation sites (tertiary alicyclic amines) is 1. The molecule has 1 aliphatic heterocycles. The van der Waals surface area contributed by atoms with Gasteiger partial charge in [-0.25, -0.2) is 4.79 Å². The van der Waals surface area contributed by atoms with E-state index in [0.717, 1.165) is 18.8 Å². The summed E-state index contributed by atoms with van der Waals surface area (Å²) in [5.41, 5.74) is 0. The summed E-state index contributed by atoms with van der Waals surface area (Å²) in [6.45, 7) is 2.14. The lowest BCUT2D eigenvalue weighted by Gasteiger charge is -2.24. The molecule has 0 aliphatic carbocycles. The quantitative estimate of drug-likeness (QED) is 0.740. The van der Waals surface area contributed by atoms with Crippen molar-refractivity contribution in [2.75, 3.05) is 20.2 Å². The number of nitrogens with zero attached hydrogens (tertiary/aromatic N) is 1. The van der Waals surface area contributed by atoms with Gasteiger partial charge in [-0.1, -0.05) is 0 Å². The molecule has 1 aromatic heterocycles. The van der Waals surface area contributed by atoms with Gasteiger partial charge >= 0.3 is 5.97 Å². The van der Waals surface area contributed by atoms with E-state index in [4.69, 9.17) is 4.42 Å². The average molecular weight is 237 g/mol. The molecule has 1 fully saturated rings.